The average Bonchev–Trinajstić information content (AvgIpc) is 3.20. The standard InChI is InChI=1S/C25H26Cl2N3O2P/c26-20-11-12-23(24(27)19-20)25(28-15-17-32-18-16-28)33(31)29(21-7-3-1-4-8-21)13-14-30(33)22-9-5-2-6-10-22/h1-12,19,25H,13-18H2/t25-/m0/s1. The number of anilines is 2. The molecule has 0 bridgehead atoms. The van der Waals surface area contributed by atoms with Crippen molar-refractivity contribution >= 4 is 42.0 Å². The Morgan fingerprint density at radius 1 is 0.758 bits per heavy atom. The number of hydrogen-bond acceptors (Lipinski definition) is 3. The molecule has 5 nitrogen and oxygen atoms in total. The molecule has 3 aromatic carbocycles. The van der Waals surface area contributed by atoms with E-state index in [9.17, 15) is 0 Å². The summed E-state index contributed by atoms with van der Waals surface area (Å²) in [7, 11) is -3.27. The Kier molecular flexibility index (Phi) is 6.69. The van der Waals surface area contributed by atoms with Crippen molar-refractivity contribution in [2.75, 3.05) is 48.7 Å². The smallest absolute Gasteiger partial charge is 0.284 e. The highest BCUT2D eigenvalue weighted by Crippen LogP contribution is 2.70. The first-order valence-electron chi connectivity index (χ1n) is 11.1. The van der Waals surface area contributed by atoms with Crippen molar-refractivity contribution in [1.29, 1.82) is 0 Å². The van der Waals surface area contributed by atoms with Crippen LogP contribution in [0, 0.1) is 0 Å². The third kappa shape index (κ3) is 4.29. The second kappa shape index (κ2) is 9.69. The van der Waals surface area contributed by atoms with Gasteiger partial charge in [0.15, 0.2) is 0 Å². The van der Waals surface area contributed by atoms with Gasteiger partial charge in [-0.1, -0.05) is 65.7 Å². The van der Waals surface area contributed by atoms with E-state index >= 15 is 4.57 Å². The summed E-state index contributed by atoms with van der Waals surface area (Å²) in [6, 6.07) is 25.5. The van der Waals surface area contributed by atoms with Gasteiger partial charge in [-0.15, -0.1) is 0 Å². The maximum absolute atomic E-state index is 15.6. The number of rotatable bonds is 5. The van der Waals surface area contributed by atoms with E-state index < -0.39 is 13.2 Å². The van der Waals surface area contributed by atoms with Gasteiger partial charge >= 0.3 is 0 Å². The van der Waals surface area contributed by atoms with Crippen molar-refractivity contribution in [2.24, 2.45) is 0 Å². The molecule has 172 valence electrons. The third-order valence-electron chi connectivity index (χ3n) is 6.27. The summed E-state index contributed by atoms with van der Waals surface area (Å²) in [4.78, 5) is 2.26. The molecule has 2 aliphatic heterocycles. The minimum atomic E-state index is -3.27. The summed E-state index contributed by atoms with van der Waals surface area (Å²) < 4.78 is 25.4. The van der Waals surface area contributed by atoms with Gasteiger partial charge in [0.05, 0.1) is 13.2 Å². The van der Waals surface area contributed by atoms with Crippen LogP contribution in [0.4, 0.5) is 11.4 Å². The molecule has 5 rings (SSSR count). The van der Waals surface area contributed by atoms with Gasteiger partial charge in [-0.05, 0) is 42.0 Å². The van der Waals surface area contributed by atoms with Gasteiger partial charge < -0.3 is 14.1 Å². The summed E-state index contributed by atoms with van der Waals surface area (Å²) in [5, 5.41) is 1.09. The van der Waals surface area contributed by atoms with Crippen LogP contribution in [0.1, 0.15) is 11.3 Å². The predicted molar refractivity (Wildman–Crippen MR) is 137 cm³/mol. The average molecular weight is 502 g/mol. The third-order valence-corrected chi connectivity index (χ3v) is 10.3. The van der Waals surface area contributed by atoms with Crippen LogP contribution < -0.4 is 9.34 Å². The number of hydrogen-bond donors (Lipinski definition) is 0. The molecule has 0 saturated carbocycles. The highest BCUT2D eigenvalue weighted by atomic mass is 35.5. The SMILES string of the molecule is O=P1([C@@H](c2ccc(Cl)cc2Cl)N2CCOCC2)N(c2ccccc2)CCN1c1ccccc1. The topological polar surface area (TPSA) is 36.0 Å². The summed E-state index contributed by atoms with van der Waals surface area (Å²) in [6.07, 6.45) is 0. The highest BCUT2D eigenvalue weighted by Gasteiger charge is 2.52. The lowest BCUT2D eigenvalue weighted by Crippen LogP contribution is -2.42. The van der Waals surface area contributed by atoms with Crippen LogP contribution in [0.15, 0.2) is 78.9 Å². The minimum absolute atomic E-state index is 0.436. The molecule has 0 N–H and O–H groups in total. The maximum Gasteiger partial charge on any atom is 0.284 e. The van der Waals surface area contributed by atoms with Crippen LogP contribution in [-0.2, 0) is 9.30 Å². The molecule has 2 fully saturated rings. The number of ether oxygens (including phenoxy) is 1. The number of nitrogens with zero attached hydrogens (tertiary/aromatic N) is 3. The Morgan fingerprint density at radius 2 is 1.30 bits per heavy atom. The first-order chi connectivity index (χ1) is 16.1. The maximum atomic E-state index is 15.6. The van der Waals surface area contributed by atoms with Crippen molar-refractivity contribution in [2.45, 2.75) is 5.78 Å². The fourth-order valence-electron chi connectivity index (χ4n) is 4.78. The zero-order valence-corrected chi connectivity index (χ0v) is 20.6. The molecule has 0 aromatic heterocycles. The molecule has 1 atom stereocenters. The quantitative estimate of drug-likeness (QED) is 0.370. The van der Waals surface area contributed by atoms with Crippen LogP contribution in [-0.4, -0.2) is 44.3 Å². The van der Waals surface area contributed by atoms with Crippen molar-refractivity contribution in [1.82, 2.24) is 4.90 Å². The first-order valence-corrected chi connectivity index (χ1v) is 13.6. The van der Waals surface area contributed by atoms with E-state index in [-0.39, 0.29) is 0 Å². The van der Waals surface area contributed by atoms with Gasteiger partial charge in [0.1, 0.15) is 5.78 Å². The molecule has 0 radical (unpaired) electrons. The number of morpholine rings is 1. The molecule has 3 aromatic rings. The fraction of sp³-hybridized carbons (Fsp3) is 0.280. The Bertz CT molecular complexity index is 1090. The lowest BCUT2D eigenvalue weighted by molar-refractivity contribution is 0.0303. The zero-order chi connectivity index (χ0) is 22.8. The summed E-state index contributed by atoms with van der Waals surface area (Å²) >= 11 is 13.0. The van der Waals surface area contributed by atoms with E-state index in [2.05, 4.69) is 14.2 Å². The van der Waals surface area contributed by atoms with E-state index in [1.807, 2.05) is 72.8 Å². The van der Waals surface area contributed by atoms with E-state index in [1.165, 1.54) is 0 Å². The molecule has 0 amide bonds. The normalized spacial score (nSPS) is 19.6. The van der Waals surface area contributed by atoms with Crippen molar-refractivity contribution < 1.29 is 9.30 Å². The van der Waals surface area contributed by atoms with Crippen LogP contribution in [0.25, 0.3) is 0 Å². The molecule has 2 heterocycles. The minimum Gasteiger partial charge on any atom is -0.379 e. The van der Waals surface area contributed by atoms with E-state index in [0.29, 0.717) is 49.4 Å². The summed E-state index contributed by atoms with van der Waals surface area (Å²) in [5.41, 5.74) is 2.72. The summed E-state index contributed by atoms with van der Waals surface area (Å²) in [5.74, 6) is -0.436. The predicted octanol–water partition coefficient (Wildman–Crippen LogP) is 6.54. The number of halogens is 2. The van der Waals surface area contributed by atoms with Crippen LogP contribution in [0.2, 0.25) is 10.0 Å². The second-order valence-corrected chi connectivity index (χ2v) is 11.7. The van der Waals surface area contributed by atoms with Crippen molar-refractivity contribution in [3.05, 3.63) is 94.5 Å². The zero-order valence-electron chi connectivity index (χ0n) is 18.2. The molecule has 2 saturated heterocycles. The van der Waals surface area contributed by atoms with Crippen molar-refractivity contribution in [3.8, 4) is 0 Å². The number of para-hydroxylation sites is 2. The van der Waals surface area contributed by atoms with Crippen molar-refractivity contribution in [3.63, 3.8) is 0 Å². The lowest BCUT2D eigenvalue weighted by atomic mass is 10.2. The van der Waals surface area contributed by atoms with Crippen LogP contribution in [0.3, 0.4) is 0 Å². The Hall–Kier alpha value is -2.01. The summed E-state index contributed by atoms with van der Waals surface area (Å²) in [6.45, 7) is 3.86. The van der Waals surface area contributed by atoms with Gasteiger partial charge in [-0.3, -0.25) is 9.46 Å². The van der Waals surface area contributed by atoms with E-state index in [4.69, 9.17) is 27.9 Å². The Morgan fingerprint density at radius 3 is 1.82 bits per heavy atom. The molecule has 33 heavy (non-hydrogen) atoms. The molecular formula is C25H26Cl2N3O2P. The van der Waals surface area contributed by atoms with Crippen LogP contribution >= 0.6 is 30.6 Å². The first kappa shape index (κ1) is 22.8. The fourth-order valence-corrected chi connectivity index (χ4v) is 9.08. The molecule has 0 unspecified atom stereocenters. The molecule has 0 aliphatic carbocycles. The lowest BCUT2D eigenvalue weighted by Gasteiger charge is -2.44. The van der Waals surface area contributed by atoms with Gasteiger partial charge in [-0.25, -0.2) is 0 Å². The molecule has 8 heteroatoms. The monoisotopic (exact) mass is 501 g/mol. The molecule has 0 spiro atoms. The second-order valence-electron chi connectivity index (χ2n) is 8.19. The Labute approximate surface area is 204 Å². The van der Waals surface area contributed by atoms with Crippen LogP contribution in [0.5, 0.6) is 0 Å². The van der Waals surface area contributed by atoms with E-state index in [1.54, 1.807) is 6.07 Å². The largest absolute Gasteiger partial charge is 0.379 e. The number of benzene rings is 3. The van der Waals surface area contributed by atoms with Gasteiger partial charge in [0.2, 0.25) is 0 Å². The van der Waals surface area contributed by atoms with E-state index in [0.717, 1.165) is 16.9 Å². The molecule has 2 aliphatic rings. The molecular weight excluding hydrogens is 476 g/mol. The van der Waals surface area contributed by atoms with Gasteiger partial charge in [0.25, 0.3) is 7.44 Å². The van der Waals surface area contributed by atoms with Gasteiger partial charge in [0, 0.05) is 47.6 Å². The Balaban J connectivity index is 1.71. The van der Waals surface area contributed by atoms with Gasteiger partial charge in [-0.2, -0.15) is 0 Å². The highest BCUT2D eigenvalue weighted by molar-refractivity contribution is 7.67.